The molecule has 0 aromatic heterocycles. The molecule has 2 rings (SSSR count). The number of hydrogen-bond acceptors (Lipinski definition) is 2. The van der Waals surface area contributed by atoms with Crippen molar-refractivity contribution >= 4 is 18.5 Å². The van der Waals surface area contributed by atoms with Crippen molar-refractivity contribution < 1.29 is 4.79 Å². The van der Waals surface area contributed by atoms with Crippen LogP contribution in [0, 0.1) is 11.3 Å². The molecule has 1 saturated carbocycles. The molecule has 0 spiro atoms. The summed E-state index contributed by atoms with van der Waals surface area (Å²) >= 11 is 4.35. The minimum Gasteiger partial charge on any atom is -0.349 e. The van der Waals surface area contributed by atoms with Crippen molar-refractivity contribution in [3.63, 3.8) is 0 Å². The standard InChI is InChI=1S/C16H23NOS/c1-11-8-12(10-16(2,3)9-11)17-15(18)13-6-4-5-7-14(13)19/h4-7,11-12,19H,8-10H2,1-3H3,(H,17,18). The van der Waals surface area contributed by atoms with Gasteiger partial charge in [0.15, 0.2) is 0 Å². The van der Waals surface area contributed by atoms with Gasteiger partial charge in [-0.05, 0) is 42.7 Å². The SMILES string of the molecule is CC1CC(NC(=O)c2ccccc2S)CC(C)(C)C1. The van der Waals surface area contributed by atoms with Gasteiger partial charge < -0.3 is 5.32 Å². The van der Waals surface area contributed by atoms with Crippen molar-refractivity contribution in [2.45, 2.75) is 51.0 Å². The van der Waals surface area contributed by atoms with Crippen LogP contribution in [-0.2, 0) is 0 Å². The normalized spacial score (nSPS) is 25.9. The number of carbonyl (C=O) groups is 1. The van der Waals surface area contributed by atoms with E-state index in [4.69, 9.17) is 0 Å². The van der Waals surface area contributed by atoms with Crippen molar-refractivity contribution in [1.82, 2.24) is 5.32 Å². The van der Waals surface area contributed by atoms with E-state index in [1.807, 2.05) is 24.3 Å². The molecule has 19 heavy (non-hydrogen) atoms. The Hall–Kier alpha value is -0.960. The van der Waals surface area contributed by atoms with Gasteiger partial charge >= 0.3 is 0 Å². The Labute approximate surface area is 121 Å². The Bertz CT molecular complexity index is 470. The molecule has 2 nitrogen and oxygen atoms in total. The van der Waals surface area contributed by atoms with Crippen molar-refractivity contribution in [2.24, 2.45) is 11.3 Å². The first-order chi connectivity index (χ1) is 8.87. The first-order valence-electron chi connectivity index (χ1n) is 6.96. The van der Waals surface area contributed by atoms with Crippen LogP contribution < -0.4 is 5.32 Å². The molecular formula is C16H23NOS. The Balaban J connectivity index is 2.05. The minimum absolute atomic E-state index is 0.000463. The Morgan fingerprint density at radius 2 is 2.00 bits per heavy atom. The van der Waals surface area contributed by atoms with Gasteiger partial charge in [-0.25, -0.2) is 0 Å². The number of carbonyl (C=O) groups excluding carboxylic acids is 1. The maximum absolute atomic E-state index is 12.3. The molecule has 1 aromatic carbocycles. The number of amides is 1. The molecule has 0 radical (unpaired) electrons. The number of hydrogen-bond donors (Lipinski definition) is 2. The van der Waals surface area contributed by atoms with Crippen molar-refractivity contribution in [3.8, 4) is 0 Å². The molecule has 1 aromatic rings. The van der Waals surface area contributed by atoms with Crippen LogP contribution in [0.15, 0.2) is 29.2 Å². The lowest BCUT2D eigenvalue weighted by molar-refractivity contribution is 0.0871. The third-order valence-corrected chi connectivity index (χ3v) is 4.26. The van der Waals surface area contributed by atoms with Crippen LogP contribution in [0.25, 0.3) is 0 Å². The van der Waals surface area contributed by atoms with E-state index in [0.717, 1.165) is 17.7 Å². The van der Waals surface area contributed by atoms with Crippen LogP contribution in [0.1, 0.15) is 50.4 Å². The summed E-state index contributed by atoms with van der Waals surface area (Å²) < 4.78 is 0. The molecule has 3 heteroatoms. The summed E-state index contributed by atoms with van der Waals surface area (Å²) in [7, 11) is 0. The molecule has 0 heterocycles. The van der Waals surface area contributed by atoms with Gasteiger partial charge in [0.25, 0.3) is 5.91 Å². The Morgan fingerprint density at radius 1 is 1.32 bits per heavy atom. The topological polar surface area (TPSA) is 29.1 Å². The second-order valence-corrected chi connectivity index (χ2v) is 7.08. The molecule has 1 aliphatic rings. The average Bonchev–Trinajstić information content (AvgIpc) is 2.26. The fraction of sp³-hybridized carbons (Fsp3) is 0.562. The highest BCUT2D eigenvalue weighted by atomic mass is 32.1. The van der Waals surface area contributed by atoms with Gasteiger partial charge in [0.1, 0.15) is 0 Å². The van der Waals surface area contributed by atoms with E-state index in [-0.39, 0.29) is 11.9 Å². The van der Waals surface area contributed by atoms with Crippen molar-refractivity contribution in [3.05, 3.63) is 29.8 Å². The summed E-state index contributed by atoms with van der Waals surface area (Å²) in [6.07, 6.45) is 3.37. The zero-order chi connectivity index (χ0) is 14.0. The maximum atomic E-state index is 12.3. The van der Waals surface area contributed by atoms with Crippen LogP contribution in [-0.4, -0.2) is 11.9 Å². The Morgan fingerprint density at radius 3 is 2.63 bits per heavy atom. The fourth-order valence-corrected chi connectivity index (χ4v) is 3.65. The van der Waals surface area contributed by atoms with E-state index in [0.29, 0.717) is 16.9 Å². The fourth-order valence-electron chi connectivity index (χ4n) is 3.38. The molecule has 0 aliphatic heterocycles. The molecule has 0 saturated heterocycles. The summed E-state index contributed by atoms with van der Waals surface area (Å²) in [5.41, 5.74) is 0.984. The predicted octanol–water partition coefficient (Wildman–Crippen LogP) is 3.92. The van der Waals surface area contributed by atoms with E-state index in [9.17, 15) is 4.79 Å². The van der Waals surface area contributed by atoms with Gasteiger partial charge in [0.05, 0.1) is 5.56 Å². The first-order valence-corrected chi connectivity index (χ1v) is 7.41. The highest BCUT2D eigenvalue weighted by Crippen LogP contribution is 2.38. The highest BCUT2D eigenvalue weighted by Gasteiger charge is 2.32. The highest BCUT2D eigenvalue weighted by molar-refractivity contribution is 7.80. The smallest absolute Gasteiger partial charge is 0.252 e. The minimum atomic E-state index is 0.000463. The summed E-state index contributed by atoms with van der Waals surface area (Å²) in [4.78, 5) is 13.0. The van der Waals surface area contributed by atoms with Crippen LogP contribution in [0.2, 0.25) is 0 Å². The van der Waals surface area contributed by atoms with Gasteiger partial charge in [-0.15, -0.1) is 12.6 Å². The van der Waals surface area contributed by atoms with Crippen LogP contribution in [0.4, 0.5) is 0 Å². The van der Waals surface area contributed by atoms with Gasteiger partial charge in [-0.2, -0.15) is 0 Å². The molecular weight excluding hydrogens is 254 g/mol. The number of benzene rings is 1. The largest absolute Gasteiger partial charge is 0.349 e. The zero-order valence-electron chi connectivity index (χ0n) is 11.9. The molecule has 0 bridgehead atoms. The molecule has 2 unspecified atom stereocenters. The summed E-state index contributed by atoms with van der Waals surface area (Å²) in [5, 5.41) is 3.17. The summed E-state index contributed by atoms with van der Waals surface area (Å²) in [6, 6.07) is 7.73. The van der Waals surface area contributed by atoms with Crippen molar-refractivity contribution in [1.29, 1.82) is 0 Å². The van der Waals surface area contributed by atoms with E-state index < -0.39 is 0 Å². The number of rotatable bonds is 2. The van der Waals surface area contributed by atoms with E-state index >= 15 is 0 Å². The van der Waals surface area contributed by atoms with E-state index in [1.54, 1.807) is 0 Å². The number of nitrogens with one attached hydrogen (secondary N) is 1. The van der Waals surface area contributed by atoms with Gasteiger partial charge in [0.2, 0.25) is 0 Å². The third-order valence-electron chi connectivity index (χ3n) is 3.87. The second kappa shape index (κ2) is 5.58. The second-order valence-electron chi connectivity index (χ2n) is 6.60. The monoisotopic (exact) mass is 277 g/mol. The van der Waals surface area contributed by atoms with E-state index in [2.05, 4.69) is 38.7 Å². The zero-order valence-corrected chi connectivity index (χ0v) is 12.8. The predicted molar refractivity (Wildman–Crippen MR) is 81.7 cm³/mol. The van der Waals surface area contributed by atoms with Crippen molar-refractivity contribution in [2.75, 3.05) is 0 Å². The van der Waals surface area contributed by atoms with Crippen LogP contribution in [0.3, 0.4) is 0 Å². The van der Waals surface area contributed by atoms with Crippen LogP contribution >= 0.6 is 12.6 Å². The molecule has 104 valence electrons. The lowest BCUT2D eigenvalue weighted by Gasteiger charge is -2.39. The average molecular weight is 277 g/mol. The quantitative estimate of drug-likeness (QED) is 0.788. The number of thiol groups is 1. The molecule has 1 aliphatic carbocycles. The van der Waals surface area contributed by atoms with E-state index in [1.165, 1.54) is 6.42 Å². The van der Waals surface area contributed by atoms with Gasteiger partial charge in [0, 0.05) is 10.9 Å². The first kappa shape index (κ1) is 14.4. The molecule has 1 N–H and O–H groups in total. The summed E-state index contributed by atoms with van der Waals surface area (Å²) in [5.74, 6) is 0.667. The third kappa shape index (κ3) is 3.75. The van der Waals surface area contributed by atoms with Gasteiger partial charge in [-0.1, -0.05) is 32.9 Å². The summed E-state index contributed by atoms with van der Waals surface area (Å²) in [6.45, 7) is 6.84. The van der Waals surface area contributed by atoms with Crippen LogP contribution in [0.5, 0.6) is 0 Å². The van der Waals surface area contributed by atoms with Gasteiger partial charge in [-0.3, -0.25) is 4.79 Å². The molecule has 2 atom stereocenters. The Kier molecular flexibility index (Phi) is 4.24. The lowest BCUT2D eigenvalue weighted by Crippen LogP contribution is -2.43. The molecule has 1 fully saturated rings. The maximum Gasteiger partial charge on any atom is 0.252 e. The molecule has 1 amide bonds. The lowest BCUT2D eigenvalue weighted by atomic mass is 9.70.